The van der Waals surface area contributed by atoms with Gasteiger partial charge in [0.25, 0.3) is 5.91 Å². The zero-order valence-corrected chi connectivity index (χ0v) is 20.1. The number of rotatable bonds is 9. The third-order valence-electron chi connectivity index (χ3n) is 5.30. The molecule has 34 heavy (non-hydrogen) atoms. The number of carbonyl (C=O) groups is 1. The van der Waals surface area contributed by atoms with Crippen molar-refractivity contribution in [2.24, 2.45) is 0 Å². The maximum Gasteiger partial charge on any atom is 0.256 e. The number of amides is 1. The molecule has 3 aromatic heterocycles. The first-order valence-corrected chi connectivity index (χ1v) is 12.6. The van der Waals surface area contributed by atoms with Crippen LogP contribution in [0.25, 0.3) is 22.5 Å². The quantitative estimate of drug-likeness (QED) is 0.337. The van der Waals surface area contributed by atoms with Crippen LogP contribution in [0, 0.1) is 0 Å². The van der Waals surface area contributed by atoms with Crippen molar-refractivity contribution in [3.63, 3.8) is 0 Å². The topological polar surface area (TPSA) is 119 Å². The van der Waals surface area contributed by atoms with Gasteiger partial charge in [-0.3, -0.25) is 4.79 Å². The summed E-state index contributed by atoms with van der Waals surface area (Å²) < 4.78 is 35.0. The number of hydrogen-bond donors (Lipinski definition) is 2. The molecule has 0 bridgehead atoms. The molecule has 0 atom stereocenters. The Morgan fingerprint density at radius 2 is 2.00 bits per heavy atom. The van der Waals surface area contributed by atoms with Gasteiger partial charge >= 0.3 is 0 Å². The van der Waals surface area contributed by atoms with E-state index in [2.05, 4.69) is 20.1 Å². The maximum absolute atomic E-state index is 13.3. The van der Waals surface area contributed by atoms with Crippen molar-refractivity contribution in [3.05, 3.63) is 60.5 Å². The molecule has 178 valence electrons. The minimum Gasteiger partial charge on any atom is -0.463 e. The predicted molar refractivity (Wildman–Crippen MR) is 130 cm³/mol. The van der Waals surface area contributed by atoms with Gasteiger partial charge in [-0.1, -0.05) is 19.4 Å². The SMILES string of the molecule is CCCCNS(=O)(=O)c1cccc(NC(=O)c2cc(-c3ccco3)nc3c2cnn3C(C)C)c1. The number of pyridine rings is 1. The van der Waals surface area contributed by atoms with Crippen molar-refractivity contribution in [3.8, 4) is 11.5 Å². The highest BCUT2D eigenvalue weighted by atomic mass is 32.2. The number of carbonyl (C=O) groups excluding carboxylic acids is 1. The average molecular weight is 482 g/mol. The second-order valence-electron chi connectivity index (χ2n) is 8.19. The standard InChI is InChI=1S/C24H27N5O4S/c1-4-5-11-26-34(31,32)18-9-6-8-17(13-18)27-24(30)19-14-21(22-10-7-12-33-22)28-23-20(19)15-25-29(23)16(2)3/h6-10,12-16,26H,4-5,11H2,1-3H3,(H,27,30). The van der Waals surface area contributed by atoms with E-state index in [1.54, 1.807) is 47.5 Å². The van der Waals surface area contributed by atoms with E-state index >= 15 is 0 Å². The Labute approximate surface area is 198 Å². The van der Waals surface area contributed by atoms with E-state index in [1.165, 1.54) is 12.1 Å². The Balaban J connectivity index is 1.69. The number of anilines is 1. The lowest BCUT2D eigenvalue weighted by molar-refractivity contribution is 0.102. The highest BCUT2D eigenvalue weighted by Gasteiger charge is 2.20. The molecular weight excluding hydrogens is 454 g/mol. The summed E-state index contributed by atoms with van der Waals surface area (Å²) in [6.45, 7) is 6.31. The summed E-state index contributed by atoms with van der Waals surface area (Å²) in [6, 6.07) is 11.4. The fourth-order valence-corrected chi connectivity index (χ4v) is 4.66. The molecular formula is C24H27N5O4S. The number of furan rings is 1. The van der Waals surface area contributed by atoms with Crippen molar-refractivity contribution >= 4 is 32.7 Å². The number of hydrogen-bond acceptors (Lipinski definition) is 6. The Hall–Kier alpha value is -3.50. The summed E-state index contributed by atoms with van der Waals surface area (Å²) in [5, 5.41) is 7.81. The lowest BCUT2D eigenvalue weighted by atomic mass is 10.1. The van der Waals surface area contributed by atoms with Crippen LogP contribution < -0.4 is 10.0 Å². The monoisotopic (exact) mass is 481 g/mol. The van der Waals surface area contributed by atoms with Crippen LogP contribution in [0.3, 0.4) is 0 Å². The van der Waals surface area contributed by atoms with Gasteiger partial charge in [0.05, 0.1) is 28.3 Å². The summed E-state index contributed by atoms with van der Waals surface area (Å²) in [5.74, 6) is 0.121. The van der Waals surface area contributed by atoms with Gasteiger partial charge in [-0.2, -0.15) is 5.10 Å². The van der Waals surface area contributed by atoms with Gasteiger partial charge < -0.3 is 9.73 Å². The largest absolute Gasteiger partial charge is 0.463 e. The minimum atomic E-state index is -3.67. The van der Waals surface area contributed by atoms with Crippen molar-refractivity contribution in [2.75, 3.05) is 11.9 Å². The fourth-order valence-electron chi connectivity index (χ4n) is 3.54. The van der Waals surface area contributed by atoms with Crippen LogP contribution >= 0.6 is 0 Å². The molecule has 3 heterocycles. The zero-order valence-electron chi connectivity index (χ0n) is 19.3. The molecule has 0 fully saturated rings. The number of unbranched alkanes of at least 4 members (excludes halogenated alkanes) is 1. The fraction of sp³-hybridized carbons (Fsp3) is 0.292. The molecule has 0 aliphatic rings. The van der Waals surface area contributed by atoms with Gasteiger partial charge in [0, 0.05) is 18.3 Å². The van der Waals surface area contributed by atoms with Gasteiger partial charge in [0.1, 0.15) is 5.69 Å². The first-order chi connectivity index (χ1) is 16.3. The van der Waals surface area contributed by atoms with E-state index in [1.807, 2.05) is 20.8 Å². The number of nitrogens with one attached hydrogen (secondary N) is 2. The molecule has 0 aliphatic carbocycles. The highest BCUT2D eigenvalue weighted by Crippen LogP contribution is 2.27. The third-order valence-corrected chi connectivity index (χ3v) is 6.76. The highest BCUT2D eigenvalue weighted by molar-refractivity contribution is 7.89. The van der Waals surface area contributed by atoms with Crippen LogP contribution in [-0.2, 0) is 10.0 Å². The summed E-state index contributed by atoms with van der Waals surface area (Å²) in [5.41, 5.74) is 1.79. The normalized spacial score (nSPS) is 11.9. The third kappa shape index (κ3) is 4.87. The van der Waals surface area contributed by atoms with Crippen molar-refractivity contribution < 1.29 is 17.6 Å². The molecule has 0 aliphatic heterocycles. The Bertz CT molecular complexity index is 1410. The maximum atomic E-state index is 13.3. The first kappa shape index (κ1) is 23.7. The molecule has 10 heteroatoms. The van der Waals surface area contributed by atoms with Gasteiger partial charge in [-0.15, -0.1) is 0 Å². The van der Waals surface area contributed by atoms with Crippen molar-refractivity contribution in [1.29, 1.82) is 0 Å². The predicted octanol–water partition coefficient (Wildman–Crippen LogP) is 4.60. The smallest absolute Gasteiger partial charge is 0.256 e. The lowest BCUT2D eigenvalue weighted by Gasteiger charge is -2.11. The first-order valence-electron chi connectivity index (χ1n) is 11.1. The summed E-state index contributed by atoms with van der Waals surface area (Å²) in [4.78, 5) is 18.1. The van der Waals surface area contributed by atoms with Crippen LogP contribution in [0.2, 0.25) is 0 Å². The summed E-state index contributed by atoms with van der Waals surface area (Å²) >= 11 is 0. The molecule has 0 saturated carbocycles. The van der Waals surface area contributed by atoms with Crippen molar-refractivity contribution in [1.82, 2.24) is 19.5 Å². The Morgan fingerprint density at radius 1 is 1.18 bits per heavy atom. The van der Waals surface area contributed by atoms with Crippen LogP contribution in [0.1, 0.15) is 50.0 Å². The molecule has 4 rings (SSSR count). The molecule has 1 amide bonds. The number of nitrogens with zero attached hydrogens (tertiary/aromatic N) is 3. The summed E-state index contributed by atoms with van der Waals surface area (Å²) in [6.07, 6.45) is 4.78. The number of fused-ring (bicyclic) bond motifs is 1. The van der Waals surface area contributed by atoms with Crippen LogP contribution in [0.5, 0.6) is 0 Å². The molecule has 0 unspecified atom stereocenters. The number of benzene rings is 1. The Morgan fingerprint density at radius 3 is 2.71 bits per heavy atom. The average Bonchev–Trinajstić information content (AvgIpc) is 3.49. The second kappa shape index (κ2) is 9.78. The minimum absolute atomic E-state index is 0.0369. The van der Waals surface area contributed by atoms with Crippen LogP contribution in [0.4, 0.5) is 5.69 Å². The van der Waals surface area contributed by atoms with Gasteiger partial charge in [-0.25, -0.2) is 22.8 Å². The van der Waals surface area contributed by atoms with E-state index in [4.69, 9.17) is 4.42 Å². The molecule has 9 nitrogen and oxygen atoms in total. The lowest BCUT2D eigenvalue weighted by Crippen LogP contribution is -2.24. The number of aromatic nitrogens is 3. The molecule has 4 aromatic rings. The van der Waals surface area contributed by atoms with E-state index in [0.717, 1.165) is 12.8 Å². The molecule has 0 radical (unpaired) electrons. The van der Waals surface area contributed by atoms with E-state index in [0.29, 0.717) is 40.3 Å². The van der Waals surface area contributed by atoms with E-state index < -0.39 is 15.9 Å². The van der Waals surface area contributed by atoms with Gasteiger partial charge in [-0.05, 0) is 56.7 Å². The van der Waals surface area contributed by atoms with E-state index in [9.17, 15) is 13.2 Å². The van der Waals surface area contributed by atoms with Crippen LogP contribution in [-0.4, -0.2) is 35.6 Å². The zero-order chi connectivity index (χ0) is 24.3. The van der Waals surface area contributed by atoms with Gasteiger partial charge in [0.2, 0.25) is 10.0 Å². The van der Waals surface area contributed by atoms with Crippen LogP contribution in [0.15, 0.2) is 64.2 Å². The molecule has 0 saturated heterocycles. The van der Waals surface area contributed by atoms with Crippen molar-refractivity contribution in [2.45, 2.75) is 44.6 Å². The second-order valence-corrected chi connectivity index (χ2v) is 9.95. The van der Waals surface area contributed by atoms with Gasteiger partial charge in [0.15, 0.2) is 11.4 Å². The molecule has 2 N–H and O–H groups in total. The summed E-state index contributed by atoms with van der Waals surface area (Å²) in [7, 11) is -3.67. The molecule has 0 spiro atoms. The van der Waals surface area contributed by atoms with E-state index in [-0.39, 0.29) is 10.9 Å². The molecule has 1 aromatic carbocycles. The number of sulfonamides is 1. The Kier molecular flexibility index (Phi) is 6.80.